The molecule has 0 bridgehead atoms. The van der Waals surface area contributed by atoms with E-state index < -0.39 is 0 Å². The van der Waals surface area contributed by atoms with Gasteiger partial charge in [-0.15, -0.1) is 59.7 Å². The molecule has 4 heterocycles. The van der Waals surface area contributed by atoms with Gasteiger partial charge in [0.1, 0.15) is 11.3 Å². The van der Waals surface area contributed by atoms with Crippen LogP contribution < -0.4 is 0 Å². The summed E-state index contributed by atoms with van der Waals surface area (Å²) in [4.78, 5) is 12.8. The number of hydrogen-bond donors (Lipinski definition) is 0. The van der Waals surface area contributed by atoms with E-state index in [1.54, 1.807) is 18.6 Å². The van der Waals surface area contributed by atoms with Gasteiger partial charge in [-0.1, -0.05) is 77.4 Å². The Balaban J connectivity index is 0.000000241. The molecule has 46 heavy (non-hydrogen) atoms. The summed E-state index contributed by atoms with van der Waals surface area (Å²) in [6.45, 7) is 0. The van der Waals surface area contributed by atoms with Crippen molar-refractivity contribution in [2.45, 2.75) is 0 Å². The number of fused-ring (bicyclic) bond motifs is 1. The molecular formula is C41H27IrN3O-2. The summed E-state index contributed by atoms with van der Waals surface area (Å²) in [5, 5.41) is 1.06. The standard InChI is InChI=1S/C30H19N2O.C11H8N.Ir/c1-2-6-21(7-3-1)26-11-9-24(28-8-4-5-15-32-28)19-27(26)23-10-12-29-25(18-23)20-30(33-29)22-13-16-31-17-14-22;1-2-6-10(7-3-1)11-8-4-5-9-12-11;/h1-8,10-20H;1-6,8-9H;/q2*-1;. The molecule has 1 radical (unpaired) electrons. The van der Waals surface area contributed by atoms with Crippen LogP contribution in [0.4, 0.5) is 0 Å². The van der Waals surface area contributed by atoms with E-state index in [-0.39, 0.29) is 20.1 Å². The van der Waals surface area contributed by atoms with Gasteiger partial charge in [0.15, 0.2) is 0 Å². The fraction of sp³-hybridized carbons (Fsp3) is 0. The molecule has 0 atom stereocenters. The summed E-state index contributed by atoms with van der Waals surface area (Å²) in [5.74, 6) is 0.836. The molecular weight excluding hydrogens is 743 g/mol. The van der Waals surface area contributed by atoms with Gasteiger partial charge in [0.05, 0.1) is 0 Å². The Morgan fingerprint density at radius 2 is 1.22 bits per heavy atom. The molecule has 0 amide bonds. The van der Waals surface area contributed by atoms with E-state index in [1.807, 2.05) is 91.1 Å². The Kier molecular flexibility index (Phi) is 9.65. The van der Waals surface area contributed by atoms with Crippen LogP contribution in [0, 0.1) is 12.1 Å². The second-order valence-corrected chi connectivity index (χ2v) is 10.3. The van der Waals surface area contributed by atoms with Crippen LogP contribution in [0.1, 0.15) is 0 Å². The minimum absolute atomic E-state index is 0. The van der Waals surface area contributed by atoms with E-state index in [4.69, 9.17) is 4.42 Å². The van der Waals surface area contributed by atoms with Crippen LogP contribution in [0.2, 0.25) is 0 Å². The number of benzene rings is 4. The van der Waals surface area contributed by atoms with Gasteiger partial charge in [-0.2, -0.15) is 0 Å². The van der Waals surface area contributed by atoms with E-state index in [1.165, 1.54) is 0 Å². The molecule has 4 aromatic carbocycles. The van der Waals surface area contributed by atoms with Crippen LogP contribution in [0.3, 0.4) is 0 Å². The second kappa shape index (κ2) is 14.5. The Hall–Kier alpha value is -5.48. The van der Waals surface area contributed by atoms with Crippen LogP contribution in [-0.2, 0) is 20.1 Å². The summed E-state index contributed by atoms with van der Waals surface area (Å²) >= 11 is 0. The third kappa shape index (κ3) is 6.92. The number of hydrogen-bond acceptors (Lipinski definition) is 4. The quantitative estimate of drug-likeness (QED) is 0.164. The summed E-state index contributed by atoms with van der Waals surface area (Å²) in [6, 6.07) is 53.2. The van der Waals surface area contributed by atoms with Crippen molar-refractivity contribution in [2.24, 2.45) is 0 Å². The average Bonchev–Trinajstić information content (AvgIpc) is 3.57. The summed E-state index contributed by atoms with van der Waals surface area (Å²) < 4.78 is 6.11. The minimum atomic E-state index is 0. The SMILES string of the molecule is [Ir].[c-]1cc(-c2ccccc2)c(-c2ccc3oc(-c4ccncc4)cc3c2)cc1-c1ccccn1.[c-]1ccccc1-c1ccccn1. The number of furan rings is 1. The van der Waals surface area contributed by atoms with Crippen LogP contribution in [0.5, 0.6) is 0 Å². The zero-order valence-corrected chi connectivity index (χ0v) is 27.1. The van der Waals surface area contributed by atoms with Crippen LogP contribution >= 0.6 is 0 Å². The maximum absolute atomic E-state index is 6.11. The van der Waals surface area contributed by atoms with Crippen molar-refractivity contribution in [1.29, 1.82) is 0 Å². The summed E-state index contributed by atoms with van der Waals surface area (Å²) in [6.07, 6.45) is 7.15. The first-order chi connectivity index (χ1) is 22.3. The Bertz CT molecular complexity index is 2100. The predicted molar refractivity (Wildman–Crippen MR) is 181 cm³/mol. The first-order valence-electron chi connectivity index (χ1n) is 14.7. The van der Waals surface area contributed by atoms with E-state index >= 15 is 0 Å². The molecule has 5 heteroatoms. The van der Waals surface area contributed by atoms with Crippen molar-refractivity contribution in [1.82, 2.24) is 15.0 Å². The van der Waals surface area contributed by atoms with Crippen LogP contribution in [-0.4, -0.2) is 15.0 Å². The van der Waals surface area contributed by atoms with Gasteiger partial charge in [0.25, 0.3) is 0 Å². The molecule has 8 aromatic rings. The normalized spacial score (nSPS) is 10.4. The van der Waals surface area contributed by atoms with E-state index in [0.717, 1.165) is 67.1 Å². The van der Waals surface area contributed by atoms with Crippen molar-refractivity contribution >= 4 is 11.0 Å². The first kappa shape index (κ1) is 30.5. The van der Waals surface area contributed by atoms with Crippen LogP contribution in [0.25, 0.3) is 67.1 Å². The molecule has 0 aliphatic heterocycles. The molecule has 0 N–H and O–H groups in total. The zero-order valence-electron chi connectivity index (χ0n) is 24.7. The Morgan fingerprint density at radius 1 is 0.500 bits per heavy atom. The molecule has 0 aliphatic carbocycles. The molecule has 0 spiro atoms. The first-order valence-corrected chi connectivity index (χ1v) is 14.7. The maximum atomic E-state index is 6.11. The number of aromatic nitrogens is 3. The molecule has 8 rings (SSSR count). The number of pyridine rings is 3. The van der Waals surface area contributed by atoms with Crippen molar-refractivity contribution in [3.63, 3.8) is 0 Å². The van der Waals surface area contributed by atoms with Crippen molar-refractivity contribution < 1.29 is 24.5 Å². The van der Waals surface area contributed by atoms with E-state index in [2.05, 4.69) is 81.7 Å². The van der Waals surface area contributed by atoms with E-state index in [9.17, 15) is 0 Å². The minimum Gasteiger partial charge on any atom is -0.456 e. The molecule has 0 saturated heterocycles. The molecule has 0 unspecified atom stereocenters. The zero-order chi connectivity index (χ0) is 30.3. The van der Waals surface area contributed by atoms with Gasteiger partial charge in [-0.3, -0.25) is 4.98 Å². The monoisotopic (exact) mass is 770 g/mol. The fourth-order valence-corrected chi connectivity index (χ4v) is 5.20. The molecule has 223 valence electrons. The van der Waals surface area contributed by atoms with Gasteiger partial charge >= 0.3 is 0 Å². The van der Waals surface area contributed by atoms with Gasteiger partial charge in [0, 0.05) is 55.8 Å². The van der Waals surface area contributed by atoms with Crippen molar-refractivity contribution in [2.75, 3.05) is 0 Å². The molecule has 0 fully saturated rings. The third-order valence-corrected chi connectivity index (χ3v) is 7.42. The second-order valence-electron chi connectivity index (χ2n) is 10.3. The van der Waals surface area contributed by atoms with Gasteiger partial charge < -0.3 is 14.4 Å². The molecule has 4 aromatic heterocycles. The third-order valence-electron chi connectivity index (χ3n) is 7.42. The average molecular weight is 770 g/mol. The van der Waals surface area contributed by atoms with Gasteiger partial charge in [-0.25, -0.2) is 0 Å². The van der Waals surface area contributed by atoms with Crippen molar-refractivity contribution in [3.8, 4) is 56.1 Å². The largest absolute Gasteiger partial charge is 0.456 e. The van der Waals surface area contributed by atoms with Crippen molar-refractivity contribution in [3.05, 3.63) is 176 Å². The Labute approximate surface area is 281 Å². The molecule has 0 aliphatic rings. The van der Waals surface area contributed by atoms with Gasteiger partial charge in [-0.05, 0) is 59.4 Å². The predicted octanol–water partition coefficient (Wildman–Crippen LogP) is 10.2. The fourth-order valence-electron chi connectivity index (χ4n) is 5.20. The summed E-state index contributed by atoms with van der Waals surface area (Å²) in [7, 11) is 0. The summed E-state index contributed by atoms with van der Waals surface area (Å²) in [5.41, 5.74) is 10.3. The topological polar surface area (TPSA) is 51.8 Å². The molecule has 0 saturated carbocycles. The van der Waals surface area contributed by atoms with Crippen LogP contribution in [0.15, 0.2) is 169 Å². The number of rotatable bonds is 5. The van der Waals surface area contributed by atoms with E-state index in [0.29, 0.717) is 0 Å². The maximum Gasteiger partial charge on any atom is 0.135 e. The smallest absolute Gasteiger partial charge is 0.135 e. The van der Waals surface area contributed by atoms with Gasteiger partial charge in [0.2, 0.25) is 0 Å². The Morgan fingerprint density at radius 3 is 1.91 bits per heavy atom. The molecule has 4 nitrogen and oxygen atoms in total. The number of nitrogens with zero attached hydrogens (tertiary/aromatic N) is 3.